The number of hydrogen-bond donors (Lipinski definition) is 1. The van der Waals surface area contributed by atoms with E-state index in [9.17, 15) is 9.59 Å². The van der Waals surface area contributed by atoms with Gasteiger partial charge in [0.2, 0.25) is 0 Å². The van der Waals surface area contributed by atoms with Crippen molar-refractivity contribution in [3.05, 3.63) is 23.3 Å². The van der Waals surface area contributed by atoms with Gasteiger partial charge in [-0.2, -0.15) is 0 Å². The van der Waals surface area contributed by atoms with Gasteiger partial charge < -0.3 is 14.6 Å². The number of carbonyl (C=O) groups is 2. The van der Waals surface area contributed by atoms with E-state index in [2.05, 4.69) is 0 Å². The molecule has 15 heavy (non-hydrogen) atoms. The van der Waals surface area contributed by atoms with Gasteiger partial charge in [0, 0.05) is 5.56 Å². The molecule has 1 aromatic carbocycles. The molecule has 5 nitrogen and oxygen atoms in total. The van der Waals surface area contributed by atoms with Crippen molar-refractivity contribution in [2.24, 2.45) is 0 Å². The summed E-state index contributed by atoms with van der Waals surface area (Å²) in [6.45, 7) is 0. The van der Waals surface area contributed by atoms with Crippen LogP contribution in [0.1, 0.15) is 20.7 Å². The average Bonchev–Trinajstić information content (AvgIpc) is 2.26. The van der Waals surface area contributed by atoms with Crippen LogP contribution in [0.25, 0.3) is 0 Å². The highest BCUT2D eigenvalue weighted by Crippen LogP contribution is 2.29. The van der Waals surface area contributed by atoms with Crippen LogP contribution in [0, 0.1) is 0 Å². The van der Waals surface area contributed by atoms with Crippen LogP contribution in [0.5, 0.6) is 11.5 Å². The number of hydrogen-bond acceptors (Lipinski definition) is 4. The summed E-state index contributed by atoms with van der Waals surface area (Å²) in [5, 5.41) is 8.83. The summed E-state index contributed by atoms with van der Waals surface area (Å²) in [5.41, 5.74) is -0.0530. The van der Waals surface area contributed by atoms with Crippen LogP contribution >= 0.6 is 0 Å². The second-order valence-corrected chi connectivity index (χ2v) is 2.72. The Morgan fingerprint density at radius 3 is 2.20 bits per heavy atom. The molecule has 1 aromatic rings. The molecule has 0 aliphatic heterocycles. The van der Waals surface area contributed by atoms with Crippen molar-refractivity contribution in [3.63, 3.8) is 0 Å². The summed E-state index contributed by atoms with van der Waals surface area (Å²) in [4.78, 5) is 21.4. The highest BCUT2D eigenvalue weighted by Gasteiger charge is 2.15. The van der Waals surface area contributed by atoms with Gasteiger partial charge in [0.15, 0.2) is 17.8 Å². The standard InChI is InChI=1S/C10H10O5/c1-14-8-3-6(5-11)7(10(12)13)4-9(8)15-2/h3-5H,1-2H3,(H,12,13). The van der Waals surface area contributed by atoms with Crippen LogP contribution in [0.2, 0.25) is 0 Å². The first-order valence-corrected chi connectivity index (χ1v) is 4.08. The van der Waals surface area contributed by atoms with Crippen molar-refractivity contribution < 1.29 is 24.2 Å². The van der Waals surface area contributed by atoms with Gasteiger partial charge in [0.05, 0.1) is 19.8 Å². The zero-order chi connectivity index (χ0) is 11.4. The first-order chi connectivity index (χ1) is 7.13. The highest BCUT2D eigenvalue weighted by molar-refractivity contribution is 5.98. The van der Waals surface area contributed by atoms with Crippen molar-refractivity contribution in [1.29, 1.82) is 0 Å². The molecule has 1 N–H and O–H groups in total. The Kier molecular flexibility index (Phi) is 3.28. The SMILES string of the molecule is COc1cc(C=O)c(C(=O)O)cc1OC. The molecular formula is C10H10O5. The van der Waals surface area contributed by atoms with E-state index >= 15 is 0 Å². The number of methoxy groups -OCH3 is 2. The fourth-order valence-corrected chi connectivity index (χ4v) is 1.18. The fraction of sp³-hybridized carbons (Fsp3) is 0.200. The summed E-state index contributed by atoms with van der Waals surface area (Å²) in [5.74, 6) is -0.580. The normalized spacial score (nSPS) is 9.47. The first-order valence-electron chi connectivity index (χ1n) is 4.08. The Morgan fingerprint density at radius 2 is 1.80 bits per heavy atom. The predicted molar refractivity (Wildman–Crippen MR) is 51.9 cm³/mol. The first kappa shape index (κ1) is 11.0. The van der Waals surface area contributed by atoms with Crippen LogP contribution in [-0.2, 0) is 0 Å². The minimum Gasteiger partial charge on any atom is -0.493 e. The van der Waals surface area contributed by atoms with E-state index in [4.69, 9.17) is 14.6 Å². The molecule has 0 amide bonds. The summed E-state index contributed by atoms with van der Waals surface area (Å²) in [6, 6.07) is 2.58. The quantitative estimate of drug-likeness (QED) is 0.756. The summed E-state index contributed by atoms with van der Waals surface area (Å²) in [6.07, 6.45) is 0.464. The Balaban J connectivity index is 3.40. The molecule has 80 valence electrons. The van der Waals surface area contributed by atoms with E-state index in [1.54, 1.807) is 0 Å². The Bertz CT molecular complexity index is 397. The monoisotopic (exact) mass is 210 g/mol. The summed E-state index contributed by atoms with van der Waals surface area (Å²) in [7, 11) is 2.80. The molecule has 0 spiro atoms. The molecule has 0 radical (unpaired) electrons. The topological polar surface area (TPSA) is 72.8 Å². The van der Waals surface area contributed by atoms with E-state index in [1.165, 1.54) is 26.4 Å². The predicted octanol–water partition coefficient (Wildman–Crippen LogP) is 1.21. The molecule has 0 bridgehead atoms. The third-order valence-electron chi connectivity index (χ3n) is 1.91. The summed E-state index contributed by atoms with van der Waals surface area (Å²) >= 11 is 0. The van der Waals surface area contributed by atoms with Crippen molar-refractivity contribution in [1.82, 2.24) is 0 Å². The van der Waals surface area contributed by atoms with Gasteiger partial charge in [0.25, 0.3) is 0 Å². The molecule has 0 saturated heterocycles. The zero-order valence-electron chi connectivity index (χ0n) is 8.31. The second kappa shape index (κ2) is 4.45. The van der Waals surface area contributed by atoms with Crippen LogP contribution < -0.4 is 9.47 Å². The van der Waals surface area contributed by atoms with Gasteiger partial charge in [-0.05, 0) is 12.1 Å². The third-order valence-corrected chi connectivity index (χ3v) is 1.91. The number of aldehydes is 1. The summed E-state index contributed by atoms with van der Waals surface area (Å²) < 4.78 is 9.86. The molecular weight excluding hydrogens is 200 g/mol. The maximum absolute atomic E-state index is 10.8. The molecule has 0 aromatic heterocycles. The van der Waals surface area contributed by atoms with Gasteiger partial charge in [-0.15, -0.1) is 0 Å². The minimum atomic E-state index is -1.18. The lowest BCUT2D eigenvalue weighted by Gasteiger charge is -2.09. The molecule has 5 heteroatoms. The Morgan fingerprint density at radius 1 is 1.27 bits per heavy atom. The molecule has 0 heterocycles. The number of ether oxygens (including phenoxy) is 2. The van der Waals surface area contributed by atoms with Crippen LogP contribution in [0.3, 0.4) is 0 Å². The van der Waals surface area contributed by atoms with Gasteiger partial charge in [-0.3, -0.25) is 4.79 Å². The van der Waals surface area contributed by atoms with Crippen molar-refractivity contribution in [3.8, 4) is 11.5 Å². The number of rotatable bonds is 4. The highest BCUT2D eigenvalue weighted by atomic mass is 16.5. The van der Waals surface area contributed by atoms with Crippen molar-refractivity contribution in [2.45, 2.75) is 0 Å². The lowest BCUT2D eigenvalue weighted by Crippen LogP contribution is -2.03. The minimum absolute atomic E-state index is 0.0557. The maximum Gasteiger partial charge on any atom is 0.336 e. The Labute approximate surface area is 86.2 Å². The van der Waals surface area contributed by atoms with Crippen LogP contribution in [0.4, 0.5) is 0 Å². The molecule has 0 fully saturated rings. The van der Waals surface area contributed by atoms with Gasteiger partial charge in [-0.1, -0.05) is 0 Å². The largest absolute Gasteiger partial charge is 0.493 e. The van der Waals surface area contributed by atoms with E-state index < -0.39 is 5.97 Å². The molecule has 0 aliphatic rings. The van der Waals surface area contributed by atoms with Gasteiger partial charge in [-0.25, -0.2) is 4.79 Å². The number of carboxylic acid groups (broad SMARTS) is 1. The van der Waals surface area contributed by atoms with Gasteiger partial charge in [0.1, 0.15) is 0 Å². The maximum atomic E-state index is 10.8. The van der Waals surface area contributed by atoms with E-state index in [-0.39, 0.29) is 16.9 Å². The van der Waals surface area contributed by atoms with E-state index in [0.717, 1.165) is 0 Å². The smallest absolute Gasteiger partial charge is 0.336 e. The average molecular weight is 210 g/mol. The Hall–Kier alpha value is -2.04. The van der Waals surface area contributed by atoms with Crippen LogP contribution in [-0.4, -0.2) is 31.6 Å². The van der Waals surface area contributed by atoms with E-state index in [0.29, 0.717) is 12.0 Å². The number of benzene rings is 1. The molecule has 0 saturated carbocycles. The number of carboxylic acids is 1. The molecule has 0 atom stereocenters. The molecule has 0 unspecified atom stereocenters. The molecule has 0 aliphatic carbocycles. The lowest BCUT2D eigenvalue weighted by molar-refractivity contribution is 0.0693. The van der Waals surface area contributed by atoms with Crippen molar-refractivity contribution >= 4 is 12.3 Å². The molecule has 1 rings (SSSR count). The fourth-order valence-electron chi connectivity index (χ4n) is 1.18. The van der Waals surface area contributed by atoms with E-state index in [1.807, 2.05) is 0 Å². The number of carbonyl (C=O) groups excluding carboxylic acids is 1. The second-order valence-electron chi connectivity index (χ2n) is 2.72. The van der Waals surface area contributed by atoms with Crippen LogP contribution in [0.15, 0.2) is 12.1 Å². The zero-order valence-corrected chi connectivity index (χ0v) is 8.31. The number of aromatic carboxylic acids is 1. The third kappa shape index (κ3) is 2.07. The van der Waals surface area contributed by atoms with Crippen molar-refractivity contribution in [2.75, 3.05) is 14.2 Å². The van der Waals surface area contributed by atoms with Gasteiger partial charge >= 0.3 is 5.97 Å². The lowest BCUT2D eigenvalue weighted by atomic mass is 10.1.